The van der Waals surface area contributed by atoms with Gasteiger partial charge in [-0.15, -0.1) is 10.2 Å². The standard InChI is InChI=1S/C14H10N2O2S2/c1-9-15-16-14(19-9)20-13(17)12-8-7-11(18-12)10-5-3-2-4-6-10/h2-8H,1H3. The molecular weight excluding hydrogens is 292 g/mol. The van der Waals surface area contributed by atoms with E-state index in [2.05, 4.69) is 10.2 Å². The number of aromatic nitrogens is 2. The van der Waals surface area contributed by atoms with Crippen molar-refractivity contribution in [2.24, 2.45) is 0 Å². The Balaban J connectivity index is 1.78. The predicted octanol–water partition coefficient (Wildman–Crippen LogP) is 4.04. The largest absolute Gasteiger partial charge is 0.452 e. The van der Waals surface area contributed by atoms with E-state index in [1.807, 2.05) is 37.3 Å². The van der Waals surface area contributed by atoms with E-state index in [9.17, 15) is 4.79 Å². The van der Waals surface area contributed by atoms with Gasteiger partial charge in [-0.2, -0.15) is 0 Å². The first-order chi connectivity index (χ1) is 9.72. The first-order valence-electron chi connectivity index (χ1n) is 5.90. The van der Waals surface area contributed by atoms with Crippen LogP contribution >= 0.6 is 23.1 Å². The third kappa shape index (κ3) is 2.81. The van der Waals surface area contributed by atoms with Crippen molar-refractivity contribution in [3.63, 3.8) is 0 Å². The number of furan rings is 1. The van der Waals surface area contributed by atoms with Gasteiger partial charge < -0.3 is 4.42 Å². The van der Waals surface area contributed by atoms with Gasteiger partial charge in [0.05, 0.1) is 0 Å². The predicted molar refractivity (Wildman–Crippen MR) is 79.0 cm³/mol. The summed E-state index contributed by atoms with van der Waals surface area (Å²) in [5, 5.41) is 8.47. The number of benzene rings is 1. The summed E-state index contributed by atoms with van der Waals surface area (Å²) in [4.78, 5) is 12.1. The third-order valence-electron chi connectivity index (χ3n) is 2.55. The number of thioether (sulfide) groups is 1. The van der Waals surface area contributed by atoms with E-state index in [1.54, 1.807) is 12.1 Å². The summed E-state index contributed by atoms with van der Waals surface area (Å²) in [5.41, 5.74) is 0.948. The summed E-state index contributed by atoms with van der Waals surface area (Å²) in [7, 11) is 0. The SMILES string of the molecule is Cc1nnc(SC(=O)c2ccc(-c3ccccc3)o2)s1. The second-order valence-corrected chi connectivity index (χ2v) is 6.41. The Kier molecular flexibility index (Phi) is 3.66. The molecule has 0 atom stereocenters. The molecule has 0 aliphatic heterocycles. The maximum atomic E-state index is 12.1. The summed E-state index contributed by atoms with van der Waals surface area (Å²) < 4.78 is 6.23. The highest BCUT2D eigenvalue weighted by Crippen LogP contribution is 2.28. The van der Waals surface area contributed by atoms with Gasteiger partial charge in [-0.25, -0.2) is 0 Å². The van der Waals surface area contributed by atoms with Crippen molar-refractivity contribution < 1.29 is 9.21 Å². The highest BCUT2D eigenvalue weighted by atomic mass is 32.2. The highest BCUT2D eigenvalue weighted by Gasteiger charge is 2.16. The fourth-order valence-corrected chi connectivity index (χ4v) is 3.28. The zero-order valence-corrected chi connectivity index (χ0v) is 12.2. The number of hydrogen-bond donors (Lipinski definition) is 0. The Morgan fingerprint density at radius 2 is 1.95 bits per heavy atom. The molecule has 2 aromatic heterocycles. The molecule has 100 valence electrons. The molecule has 2 heterocycles. The zero-order valence-electron chi connectivity index (χ0n) is 10.6. The number of rotatable bonds is 3. The molecule has 1 aromatic carbocycles. The molecule has 0 saturated heterocycles. The molecule has 3 aromatic rings. The summed E-state index contributed by atoms with van der Waals surface area (Å²) in [6.45, 7) is 1.85. The van der Waals surface area contributed by atoms with Gasteiger partial charge in [-0.05, 0) is 30.8 Å². The molecule has 0 saturated carbocycles. The van der Waals surface area contributed by atoms with E-state index in [0.29, 0.717) is 15.9 Å². The van der Waals surface area contributed by atoms with Crippen molar-refractivity contribution in [3.8, 4) is 11.3 Å². The van der Waals surface area contributed by atoms with Crippen molar-refractivity contribution >= 4 is 28.2 Å². The molecule has 3 rings (SSSR count). The Hall–Kier alpha value is -1.92. The van der Waals surface area contributed by atoms with Gasteiger partial charge in [0.2, 0.25) is 0 Å². The smallest absolute Gasteiger partial charge is 0.261 e. The fourth-order valence-electron chi connectivity index (χ4n) is 1.65. The van der Waals surface area contributed by atoms with Crippen LogP contribution in [0.15, 0.2) is 51.2 Å². The molecule has 0 radical (unpaired) electrons. The van der Waals surface area contributed by atoms with E-state index < -0.39 is 0 Å². The average Bonchev–Trinajstić information content (AvgIpc) is 3.09. The van der Waals surface area contributed by atoms with Gasteiger partial charge in [0.15, 0.2) is 10.1 Å². The lowest BCUT2D eigenvalue weighted by Crippen LogP contribution is -1.89. The molecule has 0 spiro atoms. The molecule has 0 aliphatic rings. The van der Waals surface area contributed by atoms with Crippen molar-refractivity contribution in [3.05, 3.63) is 53.2 Å². The molecule has 0 aliphatic carbocycles. The summed E-state index contributed by atoms with van der Waals surface area (Å²) in [6, 6.07) is 13.2. The van der Waals surface area contributed by atoms with Crippen LogP contribution in [0.3, 0.4) is 0 Å². The van der Waals surface area contributed by atoms with Gasteiger partial charge in [0.1, 0.15) is 10.8 Å². The topological polar surface area (TPSA) is 56.0 Å². The number of nitrogens with zero attached hydrogens (tertiary/aromatic N) is 2. The van der Waals surface area contributed by atoms with Crippen molar-refractivity contribution in [1.29, 1.82) is 0 Å². The zero-order chi connectivity index (χ0) is 13.9. The van der Waals surface area contributed by atoms with Crippen LogP contribution in [-0.2, 0) is 0 Å². The van der Waals surface area contributed by atoms with E-state index in [1.165, 1.54) is 11.3 Å². The fraction of sp³-hybridized carbons (Fsp3) is 0.0714. The molecular formula is C14H10N2O2S2. The van der Waals surface area contributed by atoms with Crippen molar-refractivity contribution in [2.45, 2.75) is 11.3 Å². The lowest BCUT2D eigenvalue weighted by Gasteiger charge is -1.95. The minimum absolute atomic E-state index is 0.164. The Bertz CT molecular complexity index is 734. The van der Waals surface area contributed by atoms with Crippen LogP contribution in [-0.4, -0.2) is 15.3 Å². The maximum absolute atomic E-state index is 12.1. The van der Waals surface area contributed by atoms with E-state index in [0.717, 1.165) is 22.3 Å². The van der Waals surface area contributed by atoms with Gasteiger partial charge >= 0.3 is 0 Å². The molecule has 0 fully saturated rings. The third-order valence-corrected chi connectivity index (χ3v) is 4.33. The van der Waals surface area contributed by atoms with Gasteiger partial charge in [-0.1, -0.05) is 41.7 Å². The van der Waals surface area contributed by atoms with E-state index in [4.69, 9.17) is 4.42 Å². The Morgan fingerprint density at radius 1 is 1.15 bits per heavy atom. The first-order valence-corrected chi connectivity index (χ1v) is 7.53. The monoisotopic (exact) mass is 302 g/mol. The highest BCUT2D eigenvalue weighted by molar-refractivity contribution is 8.15. The minimum Gasteiger partial charge on any atom is -0.452 e. The van der Waals surface area contributed by atoms with Crippen LogP contribution in [0.4, 0.5) is 0 Å². The van der Waals surface area contributed by atoms with Crippen molar-refractivity contribution in [2.75, 3.05) is 0 Å². The molecule has 4 nitrogen and oxygen atoms in total. The number of aryl methyl sites for hydroxylation is 1. The van der Waals surface area contributed by atoms with Crippen LogP contribution in [0.1, 0.15) is 15.6 Å². The molecule has 20 heavy (non-hydrogen) atoms. The molecule has 6 heteroatoms. The normalized spacial score (nSPS) is 10.7. The average molecular weight is 302 g/mol. The molecule has 0 bridgehead atoms. The quantitative estimate of drug-likeness (QED) is 0.683. The van der Waals surface area contributed by atoms with Crippen molar-refractivity contribution in [1.82, 2.24) is 10.2 Å². The number of hydrogen-bond acceptors (Lipinski definition) is 6. The summed E-state index contributed by atoms with van der Waals surface area (Å²) in [6.07, 6.45) is 0. The maximum Gasteiger partial charge on any atom is 0.261 e. The lowest BCUT2D eigenvalue weighted by atomic mass is 10.2. The van der Waals surface area contributed by atoms with Crippen LogP contribution in [0.25, 0.3) is 11.3 Å². The molecule has 0 unspecified atom stereocenters. The molecule has 0 amide bonds. The first kappa shape index (κ1) is 13.1. The second kappa shape index (κ2) is 5.60. The van der Waals surface area contributed by atoms with E-state index >= 15 is 0 Å². The Morgan fingerprint density at radius 3 is 2.65 bits per heavy atom. The van der Waals surface area contributed by atoms with Gasteiger partial charge in [-0.3, -0.25) is 4.79 Å². The molecule has 0 N–H and O–H groups in total. The summed E-state index contributed by atoms with van der Waals surface area (Å²) >= 11 is 2.43. The number of carbonyl (C=O) groups excluding carboxylic acids is 1. The van der Waals surface area contributed by atoms with Crippen LogP contribution < -0.4 is 0 Å². The summed E-state index contributed by atoms with van der Waals surface area (Å²) in [5.74, 6) is 1.00. The number of carbonyl (C=O) groups is 1. The minimum atomic E-state index is -0.164. The lowest BCUT2D eigenvalue weighted by molar-refractivity contribution is 0.106. The van der Waals surface area contributed by atoms with E-state index in [-0.39, 0.29) is 5.12 Å². The van der Waals surface area contributed by atoms with Gasteiger partial charge in [0, 0.05) is 5.56 Å². The van der Waals surface area contributed by atoms with Gasteiger partial charge in [0.25, 0.3) is 5.12 Å². The van der Waals surface area contributed by atoms with Crippen LogP contribution in [0.2, 0.25) is 0 Å². The Labute approximate surface area is 123 Å². The van der Waals surface area contributed by atoms with Crippen LogP contribution in [0, 0.1) is 6.92 Å². The van der Waals surface area contributed by atoms with Crippen LogP contribution in [0.5, 0.6) is 0 Å². The second-order valence-electron chi connectivity index (χ2n) is 4.01.